The highest BCUT2D eigenvalue weighted by atomic mass is 15.3. The van der Waals surface area contributed by atoms with Crippen LogP contribution in [0.2, 0.25) is 0 Å². The first-order chi connectivity index (χ1) is 6.81. The third-order valence-corrected chi connectivity index (χ3v) is 2.18. The van der Waals surface area contributed by atoms with Gasteiger partial charge in [-0.3, -0.25) is 9.78 Å². The molecule has 1 N–H and O–H groups in total. The second-order valence-electron chi connectivity index (χ2n) is 3.16. The van der Waals surface area contributed by atoms with E-state index in [2.05, 4.69) is 20.3 Å². The van der Waals surface area contributed by atoms with Crippen LogP contribution >= 0.6 is 0 Å². The van der Waals surface area contributed by atoms with Crippen molar-refractivity contribution >= 4 is 0 Å². The second-order valence-corrected chi connectivity index (χ2v) is 3.16. The molecule has 5 nitrogen and oxygen atoms in total. The first-order valence-electron chi connectivity index (χ1n) is 4.71. The van der Waals surface area contributed by atoms with Crippen molar-refractivity contribution in [1.29, 1.82) is 0 Å². The van der Waals surface area contributed by atoms with Crippen molar-refractivity contribution < 1.29 is 0 Å². The monoisotopic (exact) mass is 191 g/mol. The summed E-state index contributed by atoms with van der Waals surface area (Å²) in [5.41, 5.74) is 0. The highest BCUT2D eigenvalue weighted by Gasteiger charge is 2.12. The van der Waals surface area contributed by atoms with Crippen LogP contribution in [0, 0.1) is 0 Å². The zero-order chi connectivity index (χ0) is 9.97. The summed E-state index contributed by atoms with van der Waals surface area (Å²) in [4.78, 5) is 4.36. The molecule has 0 radical (unpaired) electrons. The summed E-state index contributed by atoms with van der Waals surface area (Å²) in [5.74, 6) is 1.70. The molecule has 1 unspecified atom stereocenters. The Kier molecular flexibility index (Phi) is 2.30. The Hall–Kier alpha value is -1.65. The smallest absolute Gasteiger partial charge is 0.174 e. The summed E-state index contributed by atoms with van der Waals surface area (Å²) in [6.45, 7) is 4.07. The molecule has 2 rings (SSSR count). The summed E-state index contributed by atoms with van der Waals surface area (Å²) >= 11 is 0. The van der Waals surface area contributed by atoms with Crippen LogP contribution in [0.15, 0.2) is 18.5 Å². The van der Waals surface area contributed by atoms with Crippen molar-refractivity contribution in [3.05, 3.63) is 30.1 Å². The van der Waals surface area contributed by atoms with E-state index in [4.69, 9.17) is 0 Å². The summed E-state index contributed by atoms with van der Waals surface area (Å²) in [6.07, 6.45) is 4.54. The lowest BCUT2D eigenvalue weighted by atomic mass is 10.3. The van der Waals surface area contributed by atoms with E-state index < -0.39 is 0 Å². The number of hydrogen-bond acceptors (Lipinski definition) is 3. The fraction of sp³-hybridized carbons (Fsp3) is 0.444. The van der Waals surface area contributed by atoms with Gasteiger partial charge < -0.3 is 0 Å². The van der Waals surface area contributed by atoms with Crippen LogP contribution in [0.25, 0.3) is 0 Å². The summed E-state index contributed by atoms with van der Waals surface area (Å²) in [6, 6.07) is 1.98. The second kappa shape index (κ2) is 3.61. The minimum atomic E-state index is 0.0848. The Morgan fingerprint density at radius 3 is 3.00 bits per heavy atom. The van der Waals surface area contributed by atoms with Gasteiger partial charge in [-0.15, -0.1) is 0 Å². The van der Waals surface area contributed by atoms with E-state index in [9.17, 15) is 0 Å². The van der Waals surface area contributed by atoms with Gasteiger partial charge in [0.1, 0.15) is 11.9 Å². The standard InChI is InChI=1S/C9H13N5/c1-3-8-11-9(13-12-8)7(2)14-6-4-5-10-14/h4-7H,3H2,1-2H3,(H,11,12,13). The van der Waals surface area contributed by atoms with E-state index in [0.717, 1.165) is 18.1 Å². The quantitative estimate of drug-likeness (QED) is 0.792. The van der Waals surface area contributed by atoms with Crippen LogP contribution < -0.4 is 0 Å². The molecule has 1 atom stereocenters. The van der Waals surface area contributed by atoms with E-state index in [0.29, 0.717) is 0 Å². The van der Waals surface area contributed by atoms with Crippen molar-refractivity contribution in [3.63, 3.8) is 0 Å². The average molecular weight is 191 g/mol. The van der Waals surface area contributed by atoms with Gasteiger partial charge in [-0.1, -0.05) is 6.92 Å². The number of nitrogens with zero attached hydrogens (tertiary/aromatic N) is 4. The molecule has 0 saturated heterocycles. The number of aryl methyl sites for hydroxylation is 1. The van der Waals surface area contributed by atoms with E-state index in [-0.39, 0.29) is 6.04 Å². The van der Waals surface area contributed by atoms with Gasteiger partial charge in [0.25, 0.3) is 0 Å². The number of aromatic nitrogens is 5. The zero-order valence-corrected chi connectivity index (χ0v) is 8.31. The van der Waals surface area contributed by atoms with Crippen LogP contribution in [0.1, 0.15) is 31.5 Å². The van der Waals surface area contributed by atoms with Gasteiger partial charge in [-0.25, -0.2) is 4.98 Å². The molecule has 5 heteroatoms. The zero-order valence-electron chi connectivity index (χ0n) is 8.31. The average Bonchev–Trinajstić information content (AvgIpc) is 2.88. The molecule has 74 valence electrons. The van der Waals surface area contributed by atoms with Crippen molar-refractivity contribution in [2.45, 2.75) is 26.3 Å². The normalized spacial score (nSPS) is 13.0. The minimum Gasteiger partial charge on any atom is -0.263 e. The number of rotatable bonds is 3. The third kappa shape index (κ3) is 1.53. The lowest BCUT2D eigenvalue weighted by Crippen LogP contribution is -2.08. The molecule has 0 aliphatic heterocycles. The van der Waals surface area contributed by atoms with E-state index in [1.807, 2.05) is 30.8 Å². The van der Waals surface area contributed by atoms with Crippen molar-refractivity contribution in [1.82, 2.24) is 25.0 Å². The molecule has 2 heterocycles. The van der Waals surface area contributed by atoms with Gasteiger partial charge in [0, 0.05) is 18.8 Å². The Morgan fingerprint density at radius 1 is 1.57 bits per heavy atom. The summed E-state index contributed by atoms with van der Waals surface area (Å²) < 4.78 is 1.84. The van der Waals surface area contributed by atoms with E-state index >= 15 is 0 Å². The van der Waals surface area contributed by atoms with Crippen LogP contribution in [0.5, 0.6) is 0 Å². The maximum Gasteiger partial charge on any atom is 0.174 e. The molecule has 0 aromatic carbocycles. The fourth-order valence-electron chi connectivity index (χ4n) is 1.28. The molecule has 14 heavy (non-hydrogen) atoms. The first-order valence-corrected chi connectivity index (χ1v) is 4.71. The van der Waals surface area contributed by atoms with Gasteiger partial charge in [0.05, 0.1) is 0 Å². The molecule has 0 saturated carbocycles. The molecule has 0 spiro atoms. The topological polar surface area (TPSA) is 59.4 Å². The van der Waals surface area contributed by atoms with Crippen LogP contribution in [-0.4, -0.2) is 25.0 Å². The summed E-state index contributed by atoms with van der Waals surface area (Å²) in [5, 5.41) is 11.2. The highest BCUT2D eigenvalue weighted by Crippen LogP contribution is 2.11. The first kappa shape index (κ1) is 8.93. The SMILES string of the molecule is CCc1nc(C(C)n2cccn2)n[nH]1. The van der Waals surface area contributed by atoms with Gasteiger partial charge in [-0.2, -0.15) is 10.2 Å². The Labute approximate surface area is 82.2 Å². The number of hydrogen-bond donors (Lipinski definition) is 1. The van der Waals surface area contributed by atoms with Gasteiger partial charge in [-0.05, 0) is 13.0 Å². The number of H-pyrrole nitrogens is 1. The van der Waals surface area contributed by atoms with Crippen molar-refractivity contribution in [2.75, 3.05) is 0 Å². The highest BCUT2D eigenvalue weighted by molar-refractivity contribution is 4.97. The maximum absolute atomic E-state index is 4.36. The fourth-order valence-corrected chi connectivity index (χ4v) is 1.28. The molecule has 2 aromatic heterocycles. The third-order valence-electron chi connectivity index (χ3n) is 2.18. The van der Waals surface area contributed by atoms with Crippen LogP contribution in [-0.2, 0) is 6.42 Å². The Bertz CT molecular complexity index is 389. The lowest BCUT2D eigenvalue weighted by Gasteiger charge is -2.06. The van der Waals surface area contributed by atoms with E-state index in [1.165, 1.54) is 0 Å². The predicted molar refractivity (Wildman–Crippen MR) is 51.8 cm³/mol. The molecule has 0 amide bonds. The van der Waals surface area contributed by atoms with Gasteiger partial charge in [0.2, 0.25) is 0 Å². The van der Waals surface area contributed by atoms with Gasteiger partial charge >= 0.3 is 0 Å². The number of nitrogens with one attached hydrogen (secondary N) is 1. The predicted octanol–water partition coefficient (Wildman–Crippen LogP) is 1.17. The minimum absolute atomic E-state index is 0.0848. The van der Waals surface area contributed by atoms with Crippen molar-refractivity contribution in [2.24, 2.45) is 0 Å². The Morgan fingerprint density at radius 2 is 2.43 bits per heavy atom. The molecule has 0 aliphatic carbocycles. The van der Waals surface area contributed by atoms with Crippen LogP contribution in [0.3, 0.4) is 0 Å². The van der Waals surface area contributed by atoms with Crippen LogP contribution in [0.4, 0.5) is 0 Å². The van der Waals surface area contributed by atoms with E-state index in [1.54, 1.807) is 6.20 Å². The molecule has 0 bridgehead atoms. The molecule has 2 aromatic rings. The summed E-state index contributed by atoms with van der Waals surface area (Å²) in [7, 11) is 0. The molecular weight excluding hydrogens is 178 g/mol. The maximum atomic E-state index is 4.36. The lowest BCUT2D eigenvalue weighted by molar-refractivity contribution is 0.538. The largest absolute Gasteiger partial charge is 0.263 e. The van der Waals surface area contributed by atoms with Crippen molar-refractivity contribution in [3.8, 4) is 0 Å². The molecule has 0 aliphatic rings. The Balaban J connectivity index is 2.23. The van der Waals surface area contributed by atoms with Gasteiger partial charge in [0.15, 0.2) is 5.82 Å². The molecule has 0 fully saturated rings. The number of aromatic amines is 1. The molecular formula is C9H13N5.